The van der Waals surface area contributed by atoms with E-state index in [1.807, 2.05) is 18.4 Å². The van der Waals surface area contributed by atoms with E-state index in [1.54, 1.807) is 24.9 Å². The first-order valence-corrected chi connectivity index (χ1v) is 5.12. The summed E-state index contributed by atoms with van der Waals surface area (Å²) < 4.78 is 0. The number of phenols is 1. The number of thioether (sulfide) groups is 1. The van der Waals surface area contributed by atoms with Crippen LogP contribution in [0.3, 0.4) is 0 Å². The molecule has 0 unspecified atom stereocenters. The molecule has 0 heterocycles. The zero-order valence-electron chi connectivity index (χ0n) is 7.70. The van der Waals surface area contributed by atoms with Crippen molar-refractivity contribution in [3.63, 3.8) is 0 Å². The smallest absolute Gasteiger partial charge is 0.121 e. The number of aromatic hydroxyl groups is 1. The first kappa shape index (κ1) is 10.4. The van der Waals surface area contributed by atoms with Gasteiger partial charge in [-0.05, 0) is 18.4 Å². The minimum atomic E-state index is 0.302. The summed E-state index contributed by atoms with van der Waals surface area (Å²) in [7, 11) is 1.55. The van der Waals surface area contributed by atoms with E-state index in [1.165, 1.54) is 0 Å². The second-order valence-electron chi connectivity index (χ2n) is 2.48. The number of hydrogen-bond donors (Lipinski definition) is 2. The molecule has 1 aromatic carbocycles. The van der Waals surface area contributed by atoms with Crippen molar-refractivity contribution in [2.24, 2.45) is 0 Å². The number of nitrogens with one attached hydrogen (secondary N) is 1. The van der Waals surface area contributed by atoms with Crippen LogP contribution in [0.2, 0.25) is 0 Å². The van der Waals surface area contributed by atoms with Crippen molar-refractivity contribution in [1.82, 2.24) is 5.48 Å². The van der Waals surface area contributed by atoms with E-state index in [0.717, 1.165) is 10.5 Å². The fourth-order valence-electron chi connectivity index (χ4n) is 1.07. The lowest BCUT2D eigenvalue weighted by molar-refractivity contribution is 0.0856. The number of phenolic OH excluding ortho intramolecular Hbond substituents is 1. The maximum atomic E-state index is 9.54. The van der Waals surface area contributed by atoms with Crippen LogP contribution in [0.15, 0.2) is 23.1 Å². The molecular weight excluding hydrogens is 186 g/mol. The number of benzene rings is 1. The van der Waals surface area contributed by atoms with Crippen LogP contribution in [0, 0.1) is 0 Å². The first-order chi connectivity index (χ1) is 6.29. The van der Waals surface area contributed by atoms with Crippen LogP contribution in [-0.4, -0.2) is 18.5 Å². The molecule has 0 amide bonds. The molecular formula is C9H13NO2S. The van der Waals surface area contributed by atoms with Gasteiger partial charge in [-0.15, -0.1) is 11.8 Å². The summed E-state index contributed by atoms with van der Waals surface area (Å²) in [6.07, 6.45) is 1.98. The molecule has 0 aliphatic rings. The van der Waals surface area contributed by atoms with E-state index in [9.17, 15) is 5.11 Å². The Balaban J connectivity index is 2.87. The molecule has 0 bridgehead atoms. The topological polar surface area (TPSA) is 41.5 Å². The summed E-state index contributed by atoms with van der Waals surface area (Å²) in [5.41, 5.74) is 3.58. The van der Waals surface area contributed by atoms with E-state index in [2.05, 4.69) is 5.48 Å². The third kappa shape index (κ3) is 2.62. The van der Waals surface area contributed by atoms with E-state index < -0.39 is 0 Å². The second kappa shape index (κ2) is 5.11. The van der Waals surface area contributed by atoms with Gasteiger partial charge in [-0.3, -0.25) is 0 Å². The van der Waals surface area contributed by atoms with Crippen molar-refractivity contribution in [3.8, 4) is 5.75 Å². The van der Waals surface area contributed by atoms with Gasteiger partial charge in [-0.2, -0.15) is 5.48 Å². The summed E-state index contributed by atoms with van der Waals surface area (Å²) in [4.78, 5) is 5.79. The normalized spacial score (nSPS) is 10.3. The third-order valence-corrected chi connectivity index (χ3v) is 2.54. The van der Waals surface area contributed by atoms with E-state index in [0.29, 0.717) is 12.3 Å². The molecule has 1 rings (SSSR count). The Bertz CT molecular complexity index is 278. The van der Waals surface area contributed by atoms with E-state index in [-0.39, 0.29) is 0 Å². The molecule has 3 nitrogen and oxygen atoms in total. The lowest BCUT2D eigenvalue weighted by Gasteiger charge is -2.09. The van der Waals surface area contributed by atoms with Crippen molar-refractivity contribution in [3.05, 3.63) is 23.8 Å². The highest BCUT2D eigenvalue weighted by Crippen LogP contribution is 2.27. The van der Waals surface area contributed by atoms with Gasteiger partial charge in [0.05, 0.1) is 13.7 Å². The summed E-state index contributed by atoms with van der Waals surface area (Å²) in [5.74, 6) is 0.302. The Hall–Kier alpha value is -0.710. The van der Waals surface area contributed by atoms with Gasteiger partial charge in [0.15, 0.2) is 0 Å². The highest BCUT2D eigenvalue weighted by Gasteiger charge is 2.05. The predicted octanol–water partition coefficient (Wildman–Crippen LogP) is 1.77. The van der Waals surface area contributed by atoms with Gasteiger partial charge < -0.3 is 9.94 Å². The van der Waals surface area contributed by atoms with Crippen molar-refractivity contribution < 1.29 is 9.94 Å². The molecule has 0 spiro atoms. The zero-order valence-corrected chi connectivity index (χ0v) is 8.52. The minimum Gasteiger partial charge on any atom is -0.508 e. The molecule has 0 radical (unpaired) electrons. The quantitative estimate of drug-likeness (QED) is 0.573. The fourth-order valence-corrected chi connectivity index (χ4v) is 1.71. The van der Waals surface area contributed by atoms with Gasteiger partial charge in [-0.25, -0.2) is 0 Å². The lowest BCUT2D eigenvalue weighted by atomic mass is 10.2. The number of hydrogen-bond acceptors (Lipinski definition) is 4. The van der Waals surface area contributed by atoms with Crippen molar-refractivity contribution in [1.29, 1.82) is 0 Å². The average molecular weight is 199 g/mol. The summed E-state index contributed by atoms with van der Waals surface area (Å²) >= 11 is 1.60. The van der Waals surface area contributed by atoms with E-state index >= 15 is 0 Å². The van der Waals surface area contributed by atoms with Gasteiger partial charge in [0.25, 0.3) is 0 Å². The molecule has 0 saturated heterocycles. The fraction of sp³-hybridized carbons (Fsp3) is 0.333. The third-order valence-electron chi connectivity index (χ3n) is 1.72. The highest BCUT2D eigenvalue weighted by molar-refractivity contribution is 7.98. The Labute approximate surface area is 82.1 Å². The van der Waals surface area contributed by atoms with Crippen molar-refractivity contribution in [2.45, 2.75) is 11.4 Å². The maximum Gasteiger partial charge on any atom is 0.121 e. The summed E-state index contributed by atoms with van der Waals surface area (Å²) in [6, 6.07) is 5.47. The predicted molar refractivity (Wildman–Crippen MR) is 53.7 cm³/mol. The van der Waals surface area contributed by atoms with Crippen molar-refractivity contribution in [2.75, 3.05) is 13.4 Å². The number of rotatable bonds is 4. The lowest BCUT2D eigenvalue weighted by Crippen LogP contribution is -2.11. The standard InChI is InChI=1S/C9H13NO2S/c1-12-10-6-7-8(11)4-3-5-9(7)13-2/h3-5,10-11H,6H2,1-2H3. The molecule has 0 aliphatic heterocycles. The molecule has 72 valence electrons. The SMILES string of the molecule is CONCc1c(O)cccc1SC. The molecule has 0 saturated carbocycles. The summed E-state index contributed by atoms with van der Waals surface area (Å²) in [6.45, 7) is 0.513. The van der Waals surface area contributed by atoms with Gasteiger partial charge in [0, 0.05) is 10.5 Å². The zero-order chi connectivity index (χ0) is 9.68. The summed E-state index contributed by atoms with van der Waals surface area (Å²) in [5, 5.41) is 9.54. The van der Waals surface area contributed by atoms with Crippen LogP contribution in [0.5, 0.6) is 5.75 Å². The molecule has 4 heteroatoms. The second-order valence-corrected chi connectivity index (χ2v) is 3.33. The number of hydroxylamine groups is 1. The average Bonchev–Trinajstić information content (AvgIpc) is 2.15. The minimum absolute atomic E-state index is 0.302. The van der Waals surface area contributed by atoms with Crippen molar-refractivity contribution >= 4 is 11.8 Å². The molecule has 0 fully saturated rings. The van der Waals surface area contributed by atoms with Crippen LogP contribution in [0.25, 0.3) is 0 Å². The van der Waals surface area contributed by atoms with Gasteiger partial charge in [-0.1, -0.05) is 6.07 Å². The Morgan fingerprint density at radius 2 is 2.31 bits per heavy atom. The van der Waals surface area contributed by atoms with Crippen LogP contribution >= 0.6 is 11.8 Å². The Morgan fingerprint density at radius 1 is 1.54 bits per heavy atom. The maximum absolute atomic E-state index is 9.54. The Kier molecular flexibility index (Phi) is 4.08. The first-order valence-electron chi connectivity index (χ1n) is 3.90. The van der Waals surface area contributed by atoms with E-state index in [4.69, 9.17) is 4.84 Å². The van der Waals surface area contributed by atoms with Gasteiger partial charge in [0.2, 0.25) is 0 Å². The monoisotopic (exact) mass is 199 g/mol. The molecule has 1 aromatic rings. The molecule has 0 aliphatic carbocycles. The Morgan fingerprint density at radius 3 is 2.92 bits per heavy atom. The van der Waals surface area contributed by atoms with Crippen LogP contribution in [0.4, 0.5) is 0 Å². The van der Waals surface area contributed by atoms with Crippen LogP contribution < -0.4 is 5.48 Å². The molecule has 2 N–H and O–H groups in total. The molecule has 13 heavy (non-hydrogen) atoms. The molecule has 0 atom stereocenters. The highest BCUT2D eigenvalue weighted by atomic mass is 32.2. The van der Waals surface area contributed by atoms with Crippen LogP contribution in [-0.2, 0) is 11.4 Å². The van der Waals surface area contributed by atoms with Gasteiger partial charge in [0.1, 0.15) is 5.75 Å². The van der Waals surface area contributed by atoms with Gasteiger partial charge >= 0.3 is 0 Å². The molecule has 0 aromatic heterocycles. The van der Waals surface area contributed by atoms with Crippen LogP contribution in [0.1, 0.15) is 5.56 Å². The largest absolute Gasteiger partial charge is 0.508 e.